The Kier molecular flexibility index (Phi) is 4.29. The molecule has 1 N–H and O–H groups in total. The van der Waals surface area contributed by atoms with Crippen LogP contribution in [-0.4, -0.2) is 21.2 Å². The van der Waals surface area contributed by atoms with Crippen LogP contribution in [0.5, 0.6) is 0 Å². The topological polar surface area (TPSA) is 64.0 Å². The maximum atomic E-state index is 12.3. The molecule has 3 rings (SSSR count). The molecule has 0 radical (unpaired) electrons. The second-order valence-electron chi connectivity index (χ2n) is 5.16. The van der Waals surface area contributed by atoms with Crippen molar-refractivity contribution in [1.29, 1.82) is 0 Å². The van der Waals surface area contributed by atoms with Gasteiger partial charge in [-0.25, -0.2) is 4.98 Å². The van der Waals surface area contributed by atoms with Crippen molar-refractivity contribution >= 4 is 23.4 Å². The number of amides is 1. The van der Waals surface area contributed by atoms with Crippen LogP contribution >= 0.6 is 11.8 Å². The van der Waals surface area contributed by atoms with Gasteiger partial charge in [-0.1, -0.05) is 37.2 Å². The van der Waals surface area contributed by atoms with Crippen LogP contribution < -0.4 is 10.9 Å². The molecular formula is C16H17N3O2S. The summed E-state index contributed by atoms with van der Waals surface area (Å²) in [5.74, 6) is 0.416. The molecule has 0 aliphatic carbocycles. The highest BCUT2D eigenvalue weighted by Gasteiger charge is 2.19. The Balaban J connectivity index is 1.79. The minimum atomic E-state index is -0.409. The van der Waals surface area contributed by atoms with E-state index in [-0.39, 0.29) is 11.1 Å². The van der Waals surface area contributed by atoms with E-state index in [1.165, 1.54) is 23.5 Å². The summed E-state index contributed by atoms with van der Waals surface area (Å²) in [5.41, 5.74) is 1.74. The van der Waals surface area contributed by atoms with Crippen molar-refractivity contribution in [1.82, 2.24) is 9.55 Å². The summed E-state index contributed by atoms with van der Waals surface area (Å²) in [6.45, 7) is 2.74. The lowest BCUT2D eigenvalue weighted by Gasteiger charge is -2.07. The fraction of sp³-hybridized carbons (Fsp3) is 0.312. The van der Waals surface area contributed by atoms with Gasteiger partial charge in [0.1, 0.15) is 5.56 Å². The van der Waals surface area contributed by atoms with Gasteiger partial charge >= 0.3 is 0 Å². The zero-order chi connectivity index (χ0) is 15.5. The van der Waals surface area contributed by atoms with Crippen LogP contribution in [0.15, 0.2) is 40.4 Å². The Morgan fingerprint density at radius 3 is 2.86 bits per heavy atom. The first-order chi connectivity index (χ1) is 10.7. The van der Waals surface area contributed by atoms with E-state index in [1.54, 1.807) is 4.57 Å². The van der Waals surface area contributed by atoms with Crippen molar-refractivity contribution in [3.8, 4) is 0 Å². The Morgan fingerprint density at radius 1 is 1.36 bits per heavy atom. The molecule has 2 aromatic rings. The van der Waals surface area contributed by atoms with Gasteiger partial charge in [0, 0.05) is 24.2 Å². The number of carbonyl (C=O) groups excluding carboxylic acids is 1. The molecule has 1 aromatic carbocycles. The van der Waals surface area contributed by atoms with Gasteiger partial charge < -0.3 is 5.32 Å². The van der Waals surface area contributed by atoms with Crippen molar-refractivity contribution in [2.75, 3.05) is 11.1 Å². The number of anilines is 1. The van der Waals surface area contributed by atoms with E-state index in [9.17, 15) is 9.59 Å². The molecule has 22 heavy (non-hydrogen) atoms. The Bertz CT molecular complexity index is 753. The summed E-state index contributed by atoms with van der Waals surface area (Å²) >= 11 is 1.53. The molecule has 0 atom stereocenters. The largest absolute Gasteiger partial charge is 0.322 e. The first-order valence-corrected chi connectivity index (χ1v) is 8.30. The van der Waals surface area contributed by atoms with E-state index in [2.05, 4.69) is 17.2 Å². The predicted octanol–water partition coefficient (Wildman–Crippen LogP) is 2.55. The van der Waals surface area contributed by atoms with Crippen molar-refractivity contribution in [3.05, 3.63) is 51.9 Å². The van der Waals surface area contributed by atoms with Gasteiger partial charge in [-0.05, 0) is 24.1 Å². The third kappa shape index (κ3) is 2.92. The molecule has 1 aromatic heterocycles. The monoisotopic (exact) mass is 315 g/mol. The highest BCUT2D eigenvalue weighted by atomic mass is 32.2. The van der Waals surface area contributed by atoms with Crippen molar-refractivity contribution in [3.63, 3.8) is 0 Å². The lowest BCUT2D eigenvalue weighted by Crippen LogP contribution is -2.29. The first-order valence-electron chi connectivity index (χ1n) is 7.32. The molecule has 5 nitrogen and oxygen atoms in total. The smallest absolute Gasteiger partial charge is 0.267 e. The average Bonchev–Trinajstić information content (AvgIpc) is 2.99. The van der Waals surface area contributed by atoms with E-state index in [1.807, 2.05) is 24.3 Å². The van der Waals surface area contributed by atoms with Crippen LogP contribution in [0.2, 0.25) is 0 Å². The minimum absolute atomic E-state index is 0.0869. The Labute approximate surface area is 132 Å². The van der Waals surface area contributed by atoms with Crippen LogP contribution in [0.3, 0.4) is 0 Å². The number of nitrogens with zero attached hydrogens (tertiary/aromatic N) is 2. The minimum Gasteiger partial charge on any atom is -0.322 e. The fourth-order valence-electron chi connectivity index (χ4n) is 2.42. The zero-order valence-corrected chi connectivity index (χ0v) is 13.2. The molecule has 1 aliphatic rings. The van der Waals surface area contributed by atoms with E-state index in [0.717, 1.165) is 18.6 Å². The average molecular weight is 315 g/mol. The van der Waals surface area contributed by atoms with Gasteiger partial charge in [0.25, 0.3) is 11.5 Å². The number of fused-ring (bicyclic) bond motifs is 1. The van der Waals surface area contributed by atoms with Crippen LogP contribution in [0, 0.1) is 0 Å². The summed E-state index contributed by atoms with van der Waals surface area (Å²) in [7, 11) is 0. The van der Waals surface area contributed by atoms with E-state index >= 15 is 0 Å². The zero-order valence-electron chi connectivity index (χ0n) is 12.3. The highest BCUT2D eigenvalue weighted by molar-refractivity contribution is 7.99. The number of thioether (sulfide) groups is 1. The molecule has 114 valence electrons. The number of hydrogen-bond donors (Lipinski definition) is 1. The van der Waals surface area contributed by atoms with Crippen LogP contribution in [-0.2, 0) is 13.0 Å². The summed E-state index contributed by atoms with van der Waals surface area (Å²) in [5, 5.41) is 3.45. The third-order valence-corrected chi connectivity index (χ3v) is 4.52. The first kappa shape index (κ1) is 14.8. The number of benzene rings is 1. The summed E-state index contributed by atoms with van der Waals surface area (Å²) < 4.78 is 1.56. The molecule has 0 bridgehead atoms. The second-order valence-corrected chi connectivity index (χ2v) is 6.22. The van der Waals surface area contributed by atoms with Crippen LogP contribution in [0.4, 0.5) is 5.69 Å². The number of aromatic nitrogens is 2. The normalized spacial score (nSPS) is 13.0. The molecule has 0 saturated heterocycles. The van der Waals surface area contributed by atoms with E-state index < -0.39 is 5.91 Å². The molecule has 0 unspecified atom stereocenters. The maximum Gasteiger partial charge on any atom is 0.267 e. The van der Waals surface area contributed by atoms with Gasteiger partial charge in [0.15, 0.2) is 5.16 Å². The molecule has 6 heteroatoms. The standard InChI is InChI=1S/C16H17N3O2S/c1-2-3-11-4-6-12(7-5-11)18-14(20)13-10-17-16-19(15(13)21)8-9-22-16/h4-7,10H,2-3,8-9H2,1H3,(H,18,20). The second kappa shape index (κ2) is 6.36. The van der Waals surface area contributed by atoms with Crippen molar-refractivity contribution < 1.29 is 4.79 Å². The van der Waals surface area contributed by atoms with Gasteiger partial charge in [-0.15, -0.1) is 0 Å². The number of nitrogens with one attached hydrogen (secondary N) is 1. The Morgan fingerprint density at radius 2 is 2.14 bits per heavy atom. The van der Waals surface area contributed by atoms with Crippen LogP contribution in [0.1, 0.15) is 29.3 Å². The van der Waals surface area contributed by atoms with E-state index in [0.29, 0.717) is 17.4 Å². The lowest BCUT2D eigenvalue weighted by molar-refractivity contribution is 0.102. The number of carbonyl (C=O) groups is 1. The number of rotatable bonds is 4. The molecular weight excluding hydrogens is 298 g/mol. The molecule has 0 spiro atoms. The van der Waals surface area contributed by atoms with Crippen molar-refractivity contribution in [2.45, 2.75) is 31.5 Å². The maximum absolute atomic E-state index is 12.3. The summed E-state index contributed by atoms with van der Waals surface area (Å²) in [4.78, 5) is 28.7. The number of aryl methyl sites for hydroxylation is 1. The van der Waals surface area contributed by atoms with Gasteiger partial charge in [0.05, 0.1) is 0 Å². The quantitative estimate of drug-likeness (QED) is 0.881. The SMILES string of the molecule is CCCc1ccc(NC(=O)c2cnc3n(c2=O)CCS3)cc1. The molecule has 0 saturated carbocycles. The fourth-order valence-corrected chi connectivity index (χ4v) is 3.33. The Hall–Kier alpha value is -2.08. The molecule has 1 amide bonds. The highest BCUT2D eigenvalue weighted by Crippen LogP contribution is 2.20. The third-order valence-electron chi connectivity index (χ3n) is 3.55. The summed E-state index contributed by atoms with van der Waals surface area (Å²) in [6, 6.07) is 7.70. The van der Waals surface area contributed by atoms with E-state index in [4.69, 9.17) is 0 Å². The van der Waals surface area contributed by atoms with Crippen LogP contribution in [0.25, 0.3) is 0 Å². The summed E-state index contributed by atoms with van der Waals surface area (Å²) in [6.07, 6.45) is 3.47. The van der Waals surface area contributed by atoms with Gasteiger partial charge in [-0.3, -0.25) is 14.2 Å². The lowest BCUT2D eigenvalue weighted by atomic mass is 10.1. The number of hydrogen-bond acceptors (Lipinski definition) is 4. The van der Waals surface area contributed by atoms with Gasteiger partial charge in [-0.2, -0.15) is 0 Å². The van der Waals surface area contributed by atoms with Crippen molar-refractivity contribution in [2.24, 2.45) is 0 Å². The molecule has 0 fully saturated rings. The molecule has 2 heterocycles. The molecule has 1 aliphatic heterocycles. The van der Waals surface area contributed by atoms with Gasteiger partial charge in [0.2, 0.25) is 0 Å². The predicted molar refractivity (Wildman–Crippen MR) is 87.6 cm³/mol.